The van der Waals surface area contributed by atoms with Gasteiger partial charge in [-0.3, -0.25) is 10.1 Å². The van der Waals surface area contributed by atoms with Crippen LogP contribution in [0, 0.1) is 27.3 Å². The maximum atomic E-state index is 13.7. The molecule has 18 heavy (non-hydrogen) atoms. The molecule has 0 amide bonds. The molecule has 1 aromatic carbocycles. The number of nitrogens with one attached hydrogen (secondary N) is 1. The normalized spacial score (nSPS) is 20.7. The van der Waals surface area contributed by atoms with E-state index in [0.717, 1.165) is 6.54 Å². The van der Waals surface area contributed by atoms with Gasteiger partial charge in [-0.25, -0.2) is 0 Å². The summed E-state index contributed by atoms with van der Waals surface area (Å²) >= 11 is 0. The Morgan fingerprint density at radius 1 is 1.56 bits per heavy atom. The lowest BCUT2D eigenvalue weighted by Crippen LogP contribution is -2.19. The van der Waals surface area contributed by atoms with Gasteiger partial charge >= 0.3 is 5.69 Å². The number of rotatable bonds is 5. The summed E-state index contributed by atoms with van der Waals surface area (Å²) in [5.41, 5.74) is 0.275. The van der Waals surface area contributed by atoms with Crippen molar-refractivity contribution in [2.24, 2.45) is 11.3 Å². The van der Waals surface area contributed by atoms with E-state index in [2.05, 4.69) is 19.2 Å². The summed E-state index contributed by atoms with van der Waals surface area (Å²) in [6.45, 7) is 5.57. The minimum atomic E-state index is -0.731. The summed E-state index contributed by atoms with van der Waals surface area (Å²) < 4.78 is 13.7. The molecule has 0 radical (unpaired) electrons. The predicted molar refractivity (Wildman–Crippen MR) is 66.6 cm³/mol. The number of nitro benzene ring substituents is 1. The van der Waals surface area contributed by atoms with Gasteiger partial charge in [-0.1, -0.05) is 26.0 Å². The molecule has 1 aliphatic carbocycles. The molecule has 1 fully saturated rings. The maximum Gasteiger partial charge on any atom is 0.305 e. The number of nitro groups is 1. The molecule has 1 saturated carbocycles. The van der Waals surface area contributed by atoms with Gasteiger partial charge in [0.15, 0.2) is 0 Å². The van der Waals surface area contributed by atoms with E-state index < -0.39 is 16.4 Å². The number of hydrogen-bond donors (Lipinski definition) is 1. The van der Waals surface area contributed by atoms with Crippen molar-refractivity contribution < 1.29 is 9.31 Å². The molecule has 2 rings (SSSR count). The molecule has 0 aliphatic heterocycles. The quantitative estimate of drug-likeness (QED) is 0.647. The smallest absolute Gasteiger partial charge is 0.305 e. The molecule has 1 N–H and O–H groups in total. The highest BCUT2D eigenvalue weighted by Gasteiger charge is 2.44. The van der Waals surface area contributed by atoms with Crippen molar-refractivity contribution in [2.75, 3.05) is 6.54 Å². The van der Waals surface area contributed by atoms with Crippen LogP contribution >= 0.6 is 0 Å². The second-order valence-corrected chi connectivity index (χ2v) is 5.53. The van der Waals surface area contributed by atoms with Crippen LogP contribution in [0.4, 0.5) is 10.1 Å². The SMILES string of the molecule is CC1(C)CC1CNCc1cccc([N+](=O)[O-])c1F. The number of nitrogens with zero attached hydrogens (tertiary/aromatic N) is 1. The van der Waals surface area contributed by atoms with Crippen LogP contribution in [0.1, 0.15) is 25.8 Å². The van der Waals surface area contributed by atoms with Crippen LogP contribution in [0.5, 0.6) is 0 Å². The van der Waals surface area contributed by atoms with Crippen molar-refractivity contribution in [1.29, 1.82) is 0 Å². The fraction of sp³-hybridized carbons (Fsp3) is 0.538. The molecule has 0 aromatic heterocycles. The fourth-order valence-electron chi connectivity index (χ4n) is 2.15. The molecule has 98 valence electrons. The molecule has 1 atom stereocenters. The summed E-state index contributed by atoms with van der Waals surface area (Å²) in [7, 11) is 0. The van der Waals surface area contributed by atoms with E-state index in [0.29, 0.717) is 23.4 Å². The second-order valence-electron chi connectivity index (χ2n) is 5.53. The summed E-state index contributed by atoms with van der Waals surface area (Å²) in [5, 5.41) is 13.8. The summed E-state index contributed by atoms with van der Waals surface area (Å²) in [6, 6.07) is 4.27. The minimum Gasteiger partial charge on any atom is -0.312 e. The molecule has 0 heterocycles. The summed E-state index contributed by atoms with van der Waals surface area (Å²) in [4.78, 5) is 9.90. The molecule has 1 aliphatic rings. The first-order valence-corrected chi connectivity index (χ1v) is 6.04. The Morgan fingerprint density at radius 3 is 2.78 bits per heavy atom. The van der Waals surface area contributed by atoms with Crippen LogP contribution in [0.15, 0.2) is 18.2 Å². The van der Waals surface area contributed by atoms with Crippen molar-refractivity contribution in [1.82, 2.24) is 5.32 Å². The first kappa shape index (κ1) is 13.0. The van der Waals surface area contributed by atoms with Gasteiger partial charge in [0.1, 0.15) is 0 Å². The predicted octanol–water partition coefficient (Wildman–Crippen LogP) is 2.87. The van der Waals surface area contributed by atoms with Crippen LogP contribution in [-0.4, -0.2) is 11.5 Å². The zero-order valence-electron chi connectivity index (χ0n) is 10.6. The van der Waals surface area contributed by atoms with Gasteiger partial charge in [-0.15, -0.1) is 0 Å². The van der Waals surface area contributed by atoms with E-state index in [1.54, 1.807) is 6.07 Å². The molecular formula is C13H17FN2O2. The lowest BCUT2D eigenvalue weighted by atomic mass is 10.1. The average molecular weight is 252 g/mol. The van der Waals surface area contributed by atoms with Crippen LogP contribution in [0.3, 0.4) is 0 Å². The lowest BCUT2D eigenvalue weighted by molar-refractivity contribution is -0.387. The second kappa shape index (κ2) is 4.65. The van der Waals surface area contributed by atoms with Crippen molar-refractivity contribution >= 4 is 5.69 Å². The Bertz CT molecular complexity index is 474. The third kappa shape index (κ3) is 2.67. The van der Waals surface area contributed by atoms with Crippen molar-refractivity contribution in [3.05, 3.63) is 39.7 Å². The van der Waals surface area contributed by atoms with Crippen LogP contribution < -0.4 is 5.32 Å². The maximum absolute atomic E-state index is 13.7. The van der Waals surface area contributed by atoms with Crippen molar-refractivity contribution in [3.8, 4) is 0 Å². The molecular weight excluding hydrogens is 235 g/mol. The summed E-state index contributed by atoms with van der Waals surface area (Å²) in [6.07, 6.45) is 1.18. The molecule has 4 nitrogen and oxygen atoms in total. The highest BCUT2D eigenvalue weighted by atomic mass is 19.1. The molecule has 0 spiro atoms. The zero-order valence-corrected chi connectivity index (χ0v) is 10.6. The summed E-state index contributed by atoms with van der Waals surface area (Å²) in [5.74, 6) is -0.107. The standard InChI is InChI=1S/C13H17FN2O2/c1-13(2)6-10(13)8-15-7-9-4-3-5-11(12(9)14)16(17)18/h3-5,10,15H,6-8H2,1-2H3. The third-order valence-electron chi connectivity index (χ3n) is 3.68. The monoisotopic (exact) mass is 252 g/mol. The van der Waals surface area contributed by atoms with Gasteiger partial charge < -0.3 is 5.32 Å². The van der Waals surface area contributed by atoms with E-state index in [-0.39, 0.29) is 0 Å². The first-order chi connectivity index (χ1) is 8.42. The van der Waals surface area contributed by atoms with Gasteiger partial charge in [0, 0.05) is 18.2 Å². The number of halogens is 1. The van der Waals surface area contributed by atoms with E-state index in [1.165, 1.54) is 18.6 Å². The van der Waals surface area contributed by atoms with E-state index in [4.69, 9.17) is 0 Å². The molecule has 0 saturated heterocycles. The average Bonchev–Trinajstić information content (AvgIpc) is 2.88. The zero-order chi connectivity index (χ0) is 13.3. The molecule has 5 heteroatoms. The first-order valence-electron chi connectivity index (χ1n) is 6.04. The van der Waals surface area contributed by atoms with Gasteiger partial charge in [0.25, 0.3) is 0 Å². The van der Waals surface area contributed by atoms with Crippen molar-refractivity contribution in [3.63, 3.8) is 0 Å². The Balaban J connectivity index is 1.93. The van der Waals surface area contributed by atoms with Gasteiger partial charge in [-0.2, -0.15) is 4.39 Å². The Hall–Kier alpha value is -1.49. The molecule has 1 unspecified atom stereocenters. The lowest BCUT2D eigenvalue weighted by Gasteiger charge is -2.07. The van der Waals surface area contributed by atoms with Gasteiger partial charge in [0.05, 0.1) is 4.92 Å². The molecule has 0 bridgehead atoms. The van der Waals surface area contributed by atoms with Gasteiger partial charge in [-0.05, 0) is 24.3 Å². The fourth-order valence-corrected chi connectivity index (χ4v) is 2.15. The van der Waals surface area contributed by atoms with E-state index in [9.17, 15) is 14.5 Å². The van der Waals surface area contributed by atoms with E-state index >= 15 is 0 Å². The highest BCUT2D eigenvalue weighted by Crippen LogP contribution is 2.50. The van der Waals surface area contributed by atoms with Crippen LogP contribution in [-0.2, 0) is 6.54 Å². The Kier molecular flexibility index (Phi) is 3.34. The Labute approximate surface area is 105 Å². The van der Waals surface area contributed by atoms with Crippen LogP contribution in [0.25, 0.3) is 0 Å². The van der Waals surface area contributed by atoms with Crippen LogP contribution in [0.2, 0.25) is 0 Å². The topological polar surface area (TPSA) is 55.2 Å². The Morgan fingerprint density at radius 2 is 2.22 bits per heavy atom. The number of hydrogen-bond acceptors (Lipinski definition) is 3. The van der Waals surface area contributed by atoms with Crippen molar-refractivity contribution in [2.45, 2.75) is 26.8 Å². The largest absolute Gasteiger partial charge is 0.312 e. The highest BCUT2D eigenvalue weighted by molar-refractivity contribution is 5.36. The molecule has 1 aromatic rings. The third-order valence-corrected chi connectivity index (χ3v) is 3.68. The van der Waals surface area contributed by atoms with E-state index in [1.807, 2.05) is 0 Å². The number of benzene rings is 1. The van der Waals surface area contributed by atoms with Gasteiger partial charge in [0.2, 0.25) is 5.82 Å². The minimum absolute atomic E-state index is 0.333.